The molecule has 0 atom stereocenters. The van der Waals surface area contributed by atoms with Crippen molar-refractivity contribution in [3.8, 4) is 6.07 Å². The Morgan fingerprint density at radius 2 is 2.14 bits per heavy atom. The molecule has 1 aromatic heterocycles. The highest BCUT2D eigenvalue weighted by molar-refractivity contribution is 5.88. The summed E-state index contributed by atoms with van der Waals surface area (Å²) >= 11 is 0. The minimum atomic E-state index is -0.923. The van der Waals surface area contributed by atoms with Gasteiger partial charge in [0.2, 0.25) is 0 Å². The van der Waals surface area contributed by atoms with E-state index in [1.807, 2.05) is 17.0 Å². The molecule has 2 aromatic rings. The maximum Gasteiger partial charge on any atom is 0.335 e. The molecule has 21 heavy (non-hydrogen) atoms. The molecule has 104 valence electrons. The van der Waals surface area contributed by atoms with Gasteiger partial charge in [0.25, 0.3) is 0 Å². The zero-order chi connectivity index (χ0) is 14.8. The number of hydrogen-bond acceptors (Lipinski definition) is 5. The molecule has 0 amide bonds. The Morgan fingerprint density at radius 3 is 2.81 bits per heavy atom. The van der Waals surface area contributed by atoms with Gasteiger partial charge in [0.1, 0.15) is 11.9 Å². The van der Waals surface area contributed by atoms with E-state index < -0.39 is 5.97 Å². The quantitative estimate of drug-likeness (QED) is 0.898. The molecule has 0 saturated carbocycles. The molecule has 0 aliphatic carbocycles. The number of aromatic nitrogens is 2. The number of hydrogen-bond donors (Lipinski definition) is 1. The number of benzene rings is 1. The summed E-state index contributed by atoms with van der Waals surface area (Å²) < 4.78 is 0. The van der Waals surface area contributed by atoms with E-state index in [1.165, 1.54) is 6.20 Å². The molecule has 1 aliphatic heterocycles. The fourth-order valence-electron chi connectivity index (χ4n) is 2.43. The smallest absolute Gasteiger partial charge is 0.335 e. The topological polar surface area (TPSA) is 90.1 Å². The van der Waals surface area contributed by atoms with Gasteiger partial charge >= 0.3 is 5.97 Å². The van der Waals surface area contributed by atoms with Crippen LogP contribution >= 0.6 is 0 Å². The molecular formula is C15H12N4O2. The summed E-state index contributed by atoms with van der Waals surface area (Å²) in [6, 6.07) is 7.16. The number of carbonyl (C=O) groups is 1. The van der Waals surface area contributed by atoms with Crippen LogP contribution in [0.5, 0.6) is 0 Å². The third kappa shape index (κ3) is 2.54. The summed E-state index contributed by atoms with van der Waals surface area (Å²) in [5.41, 5.74) is 2.73. The fourth-order valence-corrected chi connectivity index (χ4v) is 2.43. The molecule has 2 heterocycles. The first-order valence-electron chi connectivity index (χ1n) is 6.49. The van der Waals surface area contributed by atoms with Gasteiger partial charge in [-0.3, -0.25) is 0 Å². The van der Waals surface area contributed by atoms with E-state index in [9.17, 15) is 4.79 Å². The minimum Gasteiger partial charge on any atom is -0.478 e. The first kappa shape index (κ1) is 13.1. The van der Waals surface area contributed by atoms with Gasteiger partial charge < -0.3 is 10.0 Å². The first-order chi connectivity index (χ1) is 10.2. The third-order valence-corrected chi connectivity index (χ3v) is 3.54. The summed E-state index contributed by atoms with van der Waals surface area (Å²) in [7, 11) is 0. The van der Waals surface area contributed by atoms with Gasteiger partial charge in [0, 0.05) is 13.1 Å². The number of anilines is 1. The molecule has 0 spiro atoms. The Hall–Kier alpha value is -2.94. The lowest BCUT2D eigenvalue weighted by atomic mass is 9.97. The largest absolute Gasteiger partial charge is 0.478 e. The Bertz CT molecular complexity index is 734. The van der Waals surface area contributed by atoms with Gasteiger partial charge in [-0.1, -0.05) is 6.07 Å². The van der Waals surface area contributed by atoms with Gasteiger partial charge in [-0.25, -0.2) is 14.8 Å². The van der Waals surface area contributed by atoms with Gasteiger partial charge in [0.15, 0.2) is 5.69 Å². The molecule has 1 N–H and O–H groups in total. The summed E-state index contributed by atoms with van der Waals surface area (Å²) in [6.07, 6.45) is 3.85. The van der Waals surface area contributed by atoms with Crippen molar-refractivity contribution in [3.63, 3.8) is 0 Å². The molecule has 3 rings (SSSR count). The Morgan fingerprint density at radius 1 is 1.29 bits per heavy atom. The lowest BCUT2D eigenvalue weighted by molar-refractivity contribution is 0.0696. The molecule has 6 heteroatoms. The van der Waals surface area contributed by atoms with Crippen LogP contribution in [-0.4, -0.2) is 27.6 Å². The van der Waals surface area contributed by atoms with Crippen molar-refractivity contribution in [2.75, 3.05) is 11.4 Å². The molecule has 0 radical (unpaired) electrons. The number of rotatable bonds is 2. The van der Waals surface area contributed by atoms with Crippen LogP contribution < -0.4 is 4.90 Å². The van der Waals surface area contributed by atoms with Crippen molar-refractivity contribution >= 4 is 11.8 Å². The van der Waals surface area contributed by atoms with Crippen LogP contribution in [0.15, 0.2) is 30.6 Å². The van der Waals surface area contributed by atoms with Crippen molar-refractivity contribution in [3.05, 3.63) is 53.0 Å². The van der Waals surface area contributed by atoms with E-state index in [0.29, 0.717) is 17.9 Å². The van der Waals surface area contributed by atoms with E-state index >= 15 is 0 Å². The Labute approximate surface area is 121 Å². The van der Waals surface area contributed by atoms with Gasteiger partial charge in [0.05, 0.1) is 18.0 Å². The maximum absolute atomic E-state index is 11.0. The molecule has 0 unspecified atom stereocenters. The number of carboxylic acid groups (broad SMARTS) is 1. The van der Waals surface area contributed by atoms with Crippen molar-refractivity contribution in [2.24, 2.45) is 0 Å². The average Bonchev–Trinajstić information content (AvgIpc) is 2.54. The van der Waals surface area contributed by atoms with Gasteiger partial charge in [-0.05, 0) is 29.7 Å². The molecule has 1 aliphatic rings. The molecule has 6 nitrogen and oxygen atoms in total. The second-order valence-electron chi connectivity index (χ2n) is 4.83. The molecule has 0 bridgehead atoms. The van der Waals surface area contributed by atoms with Crippen LogP contribution in [0.4, 0.5) is 5.82 Å². The van der Waals surface area contributed by atoms with Crippen LogP contribution in [0.1, 0.15) is 27.2 Å². The summed E-state index contributed by atoms with van der Waals surface area (Å²) in [5.74, 6) is -0.228. The van der Waals surface area contributed by atoms with Crippen LogP contribution in [-0.2, 0) is 13.0 Å². The molecule has 0 fully saturated rings. The second kappa shape index (κ2) is 5.21. The predicted octanol–water partition coefficient (Wildman–Crippen LogP) is 1.61. The highest BCUT2D eigenvalue weighted by Gasteiger charge is 2.19. The van der Waals surface area contributed by atoms with E-state index in [2.05, 4.69) is 9.97 Å². The zero-order valence-corrected chi connectivity index (χ0v) is 11.2. The average molecular weight is 280 g/mol. The van der Waals surface area contributed by atoms with E-state index in [1.54, 1.807) is 18.3 Å². The lowest BCUT2D eigenvalue weighted by Gasteiger charge is -2.29. The van der Waals surface area contributed by atoms with Gasteiger partial charge in [-0.15, -0.1) is 0 Å². The van der Waals surface area contributed by atoms with Crippen molar-refractivity contribution in [1.82, 2.24) is 9.97 Å². The van der Waals surface area contributed by atoms with Crippen LogP contribution in [0, 0.1) is 11.3 Å². The second-order valence-corrected chi connectivity index (χ2v) is 4.83. The Balaban J connectivity index is 1.87. The van der Waals surface area contributed by atoms with Gasteiger partial charge in [-0.2, -0.15) is 5.26 Å². The molecule has 0 saturated heterocycles. The van der Waals surface area contributed by atoms with Crippen molar-refractivity contribution < 1.29 is 9.90 Å². The summed E-state index contributed by atoms with van der Waals surface area (Å²) in [6.45, 7) is 1.39. The van der Waals surface area contributed by atoms with Crippen molar-refractivity contribution in [2.45, 2.75) is 13.0 Å². The molecular weight excluding hydrogens is 268 g/mol. The summed E-state index contributed by atoms with van der Waals surface area (Å²) in [4.78, 5) is 21.3. The van der Waals surface area contributed by atoms with E-state index in [-0.39, 0.29) is 5.69 Å². The highest BCUT2D eigenvalue weighted by atomic mass is 16.4. The molecule has 1 aromatic carbocycles. The van der Waals surface area contributed by atoms with E-state index in [0.717, 1.165) is 24.1 Å². The van der Waals surface area contributed by atoms with Crippen LogP contribution in [0.3, 0.4) is 0 Å². The summed E-state index contributed by atoms with van der Waals surface area (Å²) in [5, 5.41) is 17.8. The number of aromatic carboxylic acids is 1. The highest BCUT2D eigenvalue weighted by Crippen LogP contribution is 2.23. The maximum atomic E-state index is 11.0. The van der Waals surface area contributed by atoms with Crippen LogP contribution in [0.2, 0.25) is 0 Å². The predicted molar refractivity (Wildman–Crippen MR) is 74.9 cm³/mol. The minimum absolute atomic E-state index is 0.282. The standard InChI is InChI=1S/C15H12N4O2/c16-6-13-7-18-14(8-17-13)19-4-3-10-1-2-11(15(20)21)5-12(10)9-19/h1-2,5,7-8H,3-4,9H2,(H,20,21). The third-order valence-electron chi connectivity index (χ3n) is 3.54. The Kier molecular flexibility index (Phi) is 3.24. The fraction of sp³-hybridized carbons (Fsp3) is 0.200. The zero-order valence-electron chi connectivity index (χ0n) is 11.2. The number of carboxylic acids is 1. The first-order valence-corrected chi connectivity index (χ1v) is 6.49. The number of fused-ring (bicyclic) bond motifs is 1. The number of nitrogens with zero attached hydrogens (tertiary/aromatic N) is 4. The van der Waals surface area contributed by atoms with E-state index in [4.69, 9.17) is 10.4 Å². The van der Waals surface area contributed by atoms with Crippen LogP contribution in [0.25, 0.3) is 0 Å². The normalized spacial score (nSPS) is 13.4. The van der Waals surface area contributed by atoms with Crippen molar-refractivity contribution in [1.29, 1.82) is 5.26 Å². The SMILES string of the molecule is N#Cc1cnc(N2CCc3ccc(C(=O)O)cc3C2)cn1. The lowest BCUT2D eigenvalue weighted by Crippen LogP contribution is -2.31. The monoisotopic (exact) mass is 280 g/mol. The number of nitriles is 1.